The largest absolute Gasteiger partial charge is 0.492 e. The number of ether oxygens (including phenoxy) is 2. The van der Waals surface area contributed by atoms with Crippen molar-refractivity contribution in [2.24, 2.45) is 0 Å². The highest BCUT2D eigenvalue weighted by molar-refractivity contribution is 5.38. The lowest BCUT2D eigenvalue weighted by atomic mass is 9.95. The Balaban J connectivity index is 2.11. The topological polar surface area (TPSA) is 33.7 Å². The molecule has 0 saturated heterocycles. The van der Waals surface area contributed by atoms with E-state index in [1.807, 2.05) is 26.1 Å². The van der Waals surface area contributed by atoms with E-state index in [2.05, 4.69) is 29.3 Å². The molecule has 1 N–H and O–H groups in total. The number of fused-ring (bicyclic) bond motifs is 1. The van der Waals surface area contributed by atoms with Crippen LogP contribution >= 0.6 is 0 Å². The van der Waals surface area contributed by atoms with Crippen molar-refractivity contribution in [1.29, 1.82) is 0 Å². The zero-order valence-electron chi connectivity index (χ0n) is 12.8. The van der Waals surface area contributed by atoms with Crippen LogP contribution in [0.4, 0.5) is 0 Å². The lowest BCUT2D eigenvalue weighted by Gasteiger charge is -2.40. The summed E-state index contributed by atoms with van der Waals surface area (Å²) in [6.45, 7) is 8.45. The highest BCUT2D eigenvalue weighted by atomic mass is 16.5. The molecule has 2 atom stereocenters. The first-order valence-electron chi connectivity index (χ1n) is 7.52. The van der Waals surface area contributed by atoms with Crippen molar-refractivity contribution in [3.8, 4) is 5.75 Å². The van der Waals surface area contributed by atoms with Gasteiger partial charge in [0, 0.05) is 18.7 Å². The molecule has 0 fully saturated rings. The van der Waals surface area contributed by atoms with Gasteiger partial charge in [0.2, 0.25) is 0 Å². The number of para-hydroxylation sites is 1. The molecule has 0 spiro atoms. The zero-order valence-corrected chi connectivity index (χ0v) is 12.8. The molecule has 0 aromatic heterocycles. The average molecular weight is 278 g/mol. The van der Waals surface area contributed by atoms with Gasteiger partial charge in [0.1, 0.15) is 12.4 Å². The van der Waals surface area contributed by atoms with Crippen molar-refractivity contribution in [2.75, 3.05) is 40.0 Å². The van der Waals surface area contributed by atoms with E-state index < -0.39 is 0 Å². The molecule has 2 rings (SSSR count). The van der Waals surface area contributed by atoms with Crippen molar-refractivity contribution in [2.45, 2.75) is 25.9 Å². The van der Waals surface area contributed by atoms with E-state index >= 15 is 0 Å². The van der Waals surface area contributed by atoms with Gasteiger partial charge in [0.05, 0.1) is 18.7 Å². The van der Waals surface area contributed by atoms with E-state index in [0.717, 1.165) is 38.7 Å². The summed E-state index contributed by atoms with van der Waals surface area (Å²) in [5, 5.41) is 3.45. The van der Waals surface area contributed by atoms with Gasteiger partial charge in [-0.25, -0.2) is 0 Å². The molecule has 1 aromatic carbocycles. The van der Waals surface area contributed by atoms with Crippen LogP contribution in [0.2, 0.25) is 0 Å². The first kappa shape index (κ1) is 15.3. The minimum absolute atomic E-state index is 0.307. The van der Waals surface area contributed by atoms with Crippen molar-refractivity contribution >= 4 is 0 Å². The van der Waals surface area contributed by atoms with Crippen molar-refractivity contribution < 1.29 is 9.47 Å². The fraction of sp³-hybridized carbons (Fsp3) is 0.625. The molecular formula is C16H26N2O2. The van der Waals surface area contributed by atoms with E-state index in [1.165, 1.54) is 5.56 Å². The molecule has 0 saturated carbocycles. The standard InChI is InChI=1S/C16H26N2O2/c1-4-18(10-11-19-5-2)14-12-20-15-9-7-6-8-13(15)16(14)17-3/h6-9,14,16-17H,4-5,10-12H2,1-3H3. The second-order valence-electron chi connectivity index (χ2n) is 5.01. The summed E-state index contributed by atoms with van der Waals surface area (Å²) in [5.74, 6) is 1.00. The Morgan fingerprint density at radius 3 is 2.85 bits per heavy atom. The number of likely N-dealkylation sites (N-methyl/N-ethyl adjacent to an activating group) is 2. The second kappa shape index (κ2) is 7.62. The van der Waals surface area contributed by atoms with Crippen LogP contribution < -0.4 is 10.1 Å². The van der Waals surface area contributed by atoms with Gasteiger partial charge in [0.25, 0.3) is 0 Å². The Hall–Kier alpha value is -1.10. The predicted molar refractivity (Wildman–Crippen MR) is 81.3 cm³/mol. The van der Waals surface area contributed by atoms with Gasteiger partial charge in [0.15, 0.2) is 0 Å². The molecule has 4 heteroatoms. The molecule has 112 valence electrons. The molecule has 2 unspecified atom stereocenters. The number of nitrogens with zero attached hydrogens (tertiary/aromatic N) is 1. The van der Waals surface area contributed by atoms with E-state index in [9.17, 15) is 0 Å². The van der Waals surface area contributed by atoms with Crippen LogP contribution in [0.15, 0.2) is 24.3 Å². The fourth-order valence-corrected chi connectivity index (χ4v) is 2.90. The predicted octanol–water partition coefficient (Wildman–Crippen LogP) is 2.07. The molecule has 0 radical (unpaired) electrons. The maximum atomic E-state index is 5.93. The third-order valence-electron chi connectivity index (χ3n) is 3.96. The van der Waals surface area contributed by atoms with Gasteiger partial charge >= 0.3 is 0 Å². The molecule has 1 aromatic rings. The Morgan fingerprint density at radius 1 is 1.35 bits per heavy atom. The van der Waals surface area contributed by atoms with Crippen molar-refractivity contribution in [3.63, 3.8) is 0 Å². The molecule has 1 aliphatic rings. The van der Waals surface area contributed by atoms with Gasteiger partial charge in [-0.2, -0.15) is 0 Å². The number of hydrogen-bond donors (Lipinski definition) is 1. The maximum absolute atomic E-state index is 5.93. The highest BCUT2D eigenvalue weighted by Crippen LogP contribution is 2.33. The van der Waals surface area contributed by atoms with E-state index in [1.54, 1.807) is 0 Å². The average Bonchev–Trinajstić information content (AvgIpc) is 2.50. The minimum atomic E-state index is 0.307. The number of rotatable bonds is 7. The summed E-state index contributed by atoms with van der Waals surface area (Å²) in [6.07, 6.45) is 0. The smallest absolute Gasteiger partial charge is 0.124 e. The van der Waals surface area contributed by atoms with Crippen LogP contribution in [0.5, 0.6) is 5.75 Å². The van der Waals surface area contributed by atoms with E-state index in [-0.39, 0.29) is 0 Å². The number of benzene rings is 1. The van der Waals surface area contributed by atoms with Gasteiger partial charge in [-0.15, -0.1) is 0 Å². The molecule has 1 heterocycles. The summed E-state index contributed by atoms with van der Waals surface area (Å²) in [5.41, 5.74) is 1.25. The third-order valence-corrected chi connectivity index (χ3v) is 3.96. The molecule has 4 nitrogen and oxygen atoms in total. The maximum Gasteiger partial charge on any atom is 0.124 e. The van der Waals surface area contributed by atoms with Crippen molar-refractivity contribution in [3.05, 3.63) is 29.8 Å². The van der Waals surface area contributed by atoms with Crippen LogP contribution in [0, 0.1) is 0 Å². The van der Waals surface area contributed by atoms with Gasteiger partial charge < -0.3 is 14.8 Å². The van der Waals surface area contributed by atoms with Crippen LogP contribution in [0.25, 0.3) is 0 Å². The lowest BCUT2D eigenvalue weighted by Crippen LogP contribution is -2.50. The first-order chi connectivity index (χ1) is 9.81. The Kier molecular flexibility index (Phi) is 5.83. The van der Waals surface area contributed by atoms with Gasteiger partial charge in [-0.05, 0) is 26.6 Å². The third kappa shape index (κ3) is 3.32. The Morgan fingerprint density at radius 2 is 2.15 bits per heavy atom. The number of hydrogen-bond acceptors (Lipinski definition) is 4. The van der Waals surface area contributed by atoms with E-state index in [4.69, 9.17) is 9.47 Å². The zero-order chi connectivity index (χ0) is 14.4. The molecule has 0 bridgehead atoms. The lowest BCUT2D eigenvalue weighted by molar-refractivity contribution is 0.0559. The molecule has 1 aliphatic heterocycles. The number of nitrogens with one attached hydrogen (secondary N) is 1. The van der Waals surface area contributed by atoms with E-state index in [0.29, 0.717) is 12.1 Å². The summed E-state index contributed by atoms with van der Waals surface area (Å²) < 4.78 is 11.4. The van der Waals surface area contributed by atoms with Gasteiger partial charge in [-0.1, -0.05) is 25.1 Å². The fourth-order valence-electron chi connectivity index (χ4n) is 2.90. The van der Waals surface area contributed by atoms with Crippen LogP contribution in [0.1, 0.15) is 25.5 Å². The summed E-state index contributed by atoms with van der Waals surface area (Å²) in [6, 6.07) is 8.96. The molecule has 20 heavy (non-hydrogen) atoms. The summed E-state index contributed by atoms with van der Waals surface area (Å²) in [4.78, 5) is 2.44. The molecule has 0 aliphatic carbocycles. The SMILES string of the molecule is CCOCCN(CC)C1COc2ccccc2C1NC. The Labute approximate surface area is 122 Å². The van der Waals surface area contributed by atoms with Crippen LogP contribution in [-0.2, 0) is 4.74 Å². The summed E-state index contributed by atoms with van der Waals surface area (Å²) >= 11 is 0. The minimum Gasteiger partial charge on any atom is -0.492 e. The molecular weight excluding hydrogens is 252 g/mol. The summed E-state index contributed by atoms with van der Waals surface area (Å²) in [7, 11) is 2.02. The Bertz CT molecular complexity index is 411. The quantitative estimate of drug-likeness (QED) is 0.774. The molecule has 0 amide bonds. The van der Waals surface area contributed by atoms with Crippen LogP contribution in [-0.4, -0.2) is 50.9 Å². The monoisotopic (exact) mass is 278 g/mol. The van der Waals surface area contributed by atoms with Crippen molar-refractivity contribution in [1.82, 2.24) is 10.2 Å². The first-order valence-corrected chi connectivity index (χ1v) is 7.52. The van der Waals surface area contributed by atoms with Crippen LogP contribution in [0.3, 0.4) is 0 Å². The normalized spacial score (nSPS) is 21.6. The second-order valence-corrected chi connectivity index (χ2v) is 5.01. The highest BCUT2D eigenvalue weighted by Gasteiger charge is 2.33. The van der Waals surface area contributed by atoms with Gasteiger partial charge in [-0.3, -0.25) is 4.90 Å².